The van der Waals surface area contributed by atoms with E-state index in [4.69, 9.17) is 23.2 Å². The first kappa shape index (κ1) is 22.1. The molecule has 0 aliphatic carbocycles. The molecule has 0 unspecified atom stereocenters. The fourth-order valence-electron chi connectivity index (χ4n) is 3.44. The van der Waals surface area contributed by atoms with Gasteiger partial charge in [-0.1, -0.05) is 48.3 Å². The van der Waals surface area contributed by atoms with Crippen molar-refractivity contribution in [2.24, 2.45) is 5.92 Å². The highest BCUT2D eigenvalue weighted by molar-refractivity contribution is 6.39. The summed E-state index contributed by atoms with van der Waals surface area (Å²) < 4.78 is 0. The number of nitrogens with one attached hydrogen (secondary N) is 1. The smallest absolute Gasteiger partial charge is 0.244 e. The normalized spacial score (nSPS) is 15.9. The Morgan fingerprint density at radius 1 is 1.13 bits per heavy atom. The summed E-state index contributed by atoms with van der Waals surface area (Å²) >= 11 is 12.1. The molecule has 0 radical (unpaired) electrons. The second-order valence-electron chi connectivity index (χ2n) is 7.26. The molecule has 1 heterocycles. The quantitative estimate of drug-likeness (QED) is 0.726. The molecule has 0 saturated carbocycles. The highest BCUT2D eigenvalue weighted by Gasteiger charge is 2.36. The van der Waals surface area contributed by atoms with Gasteiger partial charge >= 0.3 is 0 Å². The van der Waals surface area contributed by atoms with Crippen molar-refractivity contribution in [2.45, 2.75) is 19.8 Å². The van der Waals surface area contributed by atoms with Gasteiger partial charge in [0.05, 0.1) is 28.2 Å². The highest BCUT2D eigenvalue weighted by atomic mass is 35.5. The average molecular weight is 448 g/mol. The Bertz CT molecular complexity index is 942. The molecule has 1 fully saturated rings. The van der Waals surface area contributed by atoms with E-state index in [1.165, 1.54) is 10.5 Å². The zero-order chi connectivity index (χ0) is 21.8. The van der Waals surface area contributed by atoms with Gasteiger partial charge in [-0.25, -0.2) is 0 Å². The number of likely N-dealkylation sites (N-methyl/N-ethyl adjacent to an activating group) is 1. The lowest BCUT2D eigenvalue weighted by atomic mass is 10.1. The van der Waals surface area contributed by atoms with Crippen molar-refractivity contribution in [2.75, 3.05) is 30.4 Å². The Morgan fingerprint density at radius 3 is 2.37 bits per heavy atom. The van der Waals surface area contributed by atoms with Gasteiger partial charge in [0.15, 0.2) is 0 Å². The Labute approximate surface area is 185 Å². The summed E-state index contributed by atoms with van der Waals surface area (Å²) in [4.78, 5) is 40.6. The number of carbonyl (C=O) groups is 3. The number of anilines is 2. The Hall–Kier alpha value is -2.57. The molecule has 1 saturated heterocycles. The summed E-state index contributed by atoms with van der Waals surface area (Å²) in [6.07, 6.45) is 1.04. The molecule has 1 aliphatic rings. The number of rotatable bonds is 6. The molecule has 8 heteroatoms. The van der Waals surface area contributed by atoms with E-state index >= 15 is 0 Å². The van der Waals surface area contributed by atoms with Crippen LogP contribution in [0.2, 0.25) is 10.0 Å². The first-order valence-corrected chi connectivity index (χ1v) is 10.4. The molecular weight excluding hydrogens is 425 g/mol. The largest absolute Gasteiger partial charge is 0.336 e. The third kappa shape index (κ3) is 4.94. The van der Waals surface area contributed by atoms with Gasteiger partial charge in [0.2, 0.25) is 17.7 Å². The second kappa shape index (κ2) is 9.49. The van der Waals surface area contributed by atoms with Crippen molar-refractivity contribution < 1.29 is 14.4 Å². The molecular formula is C22H23Cl2N3O3. The van der Waals surface area contributed by atoms with Crippen LogP contribution in [0.25, 0.3) is 0 Å². The van der Waals surface area contributed by atoms with Crippen LogP contribution in [0.3, 0.4) is 0 Å². The van der Waals surface area contributed by atoms with E-state index in [-0.39, 0.29) is 24.8 Å². The third-order valence-electron chi connectivity index (χ3n) is 5.11. The van der Waals surface area contributed by atoms with Crippen molar-refractivity contribution >= 4 is 52.3 Å². The molecule has 0 spiro atoms. The molecule has 2 aromatic carbocycles. The number of aryl methyl sites for hydroxylation is 1. The SMILES string of the molecule is CCc1ccc(N2C[C@@H](C(=O)N(C)CC(=O)Nc3c(Cl)cccc3Cl)CC2=O)cc1. The maximum absolute atomic E-state index is 12.8. The van der Waals surface area contributed by atoms with E-state index in [0.717, 1.165) is 12.1 Å². The lowest BCUT2D eigenvalue weighted by Gasteiger charge is -2.21. The van der Waals surface area contributed by atoms with E-state index in [9.17, 15) is 14.4 Å². The average Bonchev–Trinajstić information content (AvgIpc) is 3.11. The van der Waals surface area contributed by atoms with Gasteiger partial charge < -0.3 is 15.1 Å². The fraction of sp³-hybridized carbons (Fsp3) is 0.318. The minimum atomic E-state index is -0.495. The molecule has 6 nitrogen and oxygen atoms in total. The van der Waals surface area contributed by atoms with E-state index in [1.807, 2.05) is 24.3 Å². The number of halogens is 2. The molecule has 0 aromatic heterocycles. The summed E-state index contributed by atoms with van der Waals surface area (Å²) in [7, 11) is 1.54. The van der Waals surface area contributed by atoms with E-state index in [1.54, 1.807) is 30.1 Å². The summed E-state index contributed by atoms with van der Waals surface area (Å²) in [6, 6.07) is 12.7. The van der Waals surface area contributed by atoms with Gasteiger partial charge in [0.25, 0.3) is 0 Å². The van der Waals surface area contributed by atoms with Gasteiger partial charge in [-0.05, 0) is 36.2 Å². The molecule has 30 heavy (non-hydrogen) atoms. The van der Waals surface area contributed by atoms with Gasteiger partial charge in [-0.15, -0.1) is 0 Å². The predicted molar refractivity (Wildman–Crippen MR) is 119 cm³/mol. The van der Waals surface area contributed by atoms with Crippen molar-refractivity contribution in [1.29, 1.82) is 0 Å². The second-order valence-corrected chi connectivity index (χ2v) is 8.08. The Morgan fingerprint density at radius 2 is 1.77 bits per heavy atom. The van der Waals surface area contributed by atoms with Crippen LogP contribution in [0.1, 0.15) is 18.9 Å². The molecule has 158 valence electrons. The summed E-state index contributed by atoms with van der Waals surface area (Å²) in [6.45, 7) is 2.19. The number of para-hydroxylation sites is 1. The Balaban J connectivity index is 1.60. The number of nitrogens with zero attached hydrogens (tertiary/aromatic N) is 2. The number of carbonyl (C=O) groups excluding carboxylic acids is 3. The Kier molecular flexibility index (Phi) is 7.00. The fourth-order valence-corrected chi connectivity index (χ4v) is 3.93. The van der Waals surface area contributed by atoms with Crippen LogP contribution in [0.15, 0.2) is 42.5 Å². The van der Waals surface area contributed by atoms with Crippen molar-refractivity contribution in [3.05, 3.63) is 58.1 Å². The van der Waals surface area contributed by atoms with Gasteiger partial charge in [0.1, 0.15) is 0 Å². The maximum Gasteiger partial charge on any atom is 0.244 e. The standard InChI is InChI=1S/C22H23Cl2N3O3/c1-3-14-7-9-16(10-8-14)27-12-15(11-20(27)29)22(30)26(2)13-19(28)25-21-17(23)5-4-6-18(21)24/h4-10,15H,3,11-13H2,1-2H3,(H,25,28)/t15-/m0/s1. The molecule has 3 amide bonds. The van der Waals surface area contributed by atoms with Crippen LogP contribution in [0.4, 0.5) is 11.4 Å². The van der Waals surface area contributed by atoms with Crippen molar-refractivity contribution in [1.82, 2.24) is 4.90 Å². The van der Waals surface area contributed by atoms with Crippen LogP contribution >= 0.6 is 23.2 Å². The van der Waals surface area contributed by atoms with E-state index < -0.39 is 11.8 Å². The summed E-state index contributed by atoms with van der Waals surface area (Å²) in [5, 5.41) is 3.27. The highest BCUT2D eigenvalue weighted by Crippen LogP contribution is 2.30. The molecule has 1 atom stereocenters. The monoisotopic (exact) mass is 447 g/mol. The number of hydrogen-bond donors (Lipinski definition) is 1. The predicted octanol–water partition coefficient (Wildman–Crippen LogP) is 4.01. The van der Waals surface area contributed by atoms with Crippen LogP contribution in [-0.2, 0) is 20.8 Å². The molecule has 2 aromatic rings. The van der Waals surface area contributed by atoms with E-state index in [2.05, 4.69) is 12.2 Å². The van der Waals surface area contributed by atoms with Gasteiger partial charge in [-0.2, -0.15) is 0 Å². The minimum absolute atomic E-state index is 0.0988. The summed E-state index contributed by atoms with van der Waals surface area (Å²) in [5.41, 5.74) is 2.27. The summed E-state index contributed by atoms with van der Waals surface area (Å²) in [5.74, 6) is -1.27. The van der Waals surface area contributed by atoms with Crippen molar-refractivity contribution in [3.63, 3.8) is 0 Å². The number of amides is 3. The van der Waals surface area contributed by atoms with Crippen LogP contribution < -0.4 is 10.2 Å². The number of benzene rings is 2. The first-order valence-electron chi connectivity index (χ1n) is 9.68. The van der Waals surface area contributed by atoms with Crippen molar-refractivity contribution in [3.8, 4) is 0 Å². The van der Waals surface area contributed by atoms with E-state index in [0.29, 0.717) is 22.3 Å². The molecule has 1 N–H and O–H groups in total. The van der Waals surface area contributed by atoms with Crippen LogP contribution in [0.5, 0.6) is 0 Å². The van der Waals surface area contributed by atoms with Crippen LogP contribution in [-0.4, -0.2) is 42.8 Å². The zero-order valence-electron chi connectivity index (χ0n) is 16.8. The van der Waals surface area contributed by atoms with Gasteiger partial charge in [0, 0.05) is 25.7 Å². The minimum Gasteiger partial charge on any atom is -0.336 e. The lowest BCUT2D eigenvalue weighted by molar-refractivity contribution is -0.137. The third-order valence-corrected chi connectivity index (χ3v) is 5.74. The maximum atomic E-state index is 12.8. The lowest BCUT2D eigenvalue weighted by Crippen LogP contribution is -2.39. The zero-order valence-corrected chi connectivity index (χ0v) is 18.3. The van der Waals surface area contributed by atoms with Crippen LogP contribution in [0, 0.1) is 5.92 Å². The molecule has 0 bridgehead atoms. The topological polar surface area (TPSA) is 69.7 Å². The van der Waals surface area contributed by atoms with Gasteiger partial charge in [-0.3, -0.25) is 14.4 Å². The molecule has 1 aliphatic heterocycles. The number of hydrogen-bond acceptors (Lipinski definition) is 3. The first-order chi connectivity index (χ1) is 14.3. The molecule has 3 rings (SSSR count).